The molecule has 1 unspecified atom stereocenters. The molecule has 0 bridgehead atoms. The van der Waals surface area contributed by atoms with E-state index in [4.69, 9.17) is 9.47 Å². The molecule has 1 N–H and O–H groups in total. The highest BCUT2D eigenvalue weighted by Gasteiger charge is 2.06. The van der Waals surface area contributed by atoms with Gasteiger partial charge in [0.25, 0.3) is 0 Å². The van der Waals surface area contributed by atoms with Gasteiger partial charge >= 0.3 is 0 Å². The molecule has 0 aliphatic rings. The quantitative estimate of drug-likeness (QED) is 0.811. The molecule has 0 amide bonds. The van der Waals surface area contributed by atoms with Crippen molar-refractivity contribution in [3.05, 3.63) is 42.2 Å². The lowest BCUT2D eigenvalue weighted by molar-refractivity contribution is 0.183. The molecule has 0 saturated carbocycles. The summed E-state index contributed by atoms with van der Waals surface area (Å²) in [5.41, 5.74) is 2.31. The van der Waals surface area contributed by atoms with Gasteiger partial charge in [0, 0.05) is 19.3 Å². The normalized spacial score (nSPS) is 12.1. The van der Waals surface area contributed by atoms with Crippen LogP contribution in [0.3, 0.4) is 0 Å². The summed E-state index contributed by atoms with van der Waals surface area (Å²) in [7, 11) is 3.38. The monoisotopic (exact) mass is 289 g/mol. The highest BCUT2D eigenvalue weighted by atomic mass is 16.5. The van der Waals surface area contributed by atoms with Gasteiger partial charge in [-0.05, 0) is 31.0 Å². The summed E-state index contributed by atoms with van der Waals surface area (Å²) >= 11 is 0. The van der Waals surface area contributed by atoms with Crippen molar-refractivity contribution in [2.24, 2.45) is 0 Å². The third kappa shape index (κ3) is 4.79. The van der Waals surface area contributed by atoms with E-state index in [0.717, 1.165) is 24.4 Å². The predicted octanol–water partition coefficient (Wildman–Crippen LogP) is 2.58. The summed E-state index contributed by atoms with van der Waals surface area (Å²) in [6.45, 7) is 3.60. The number of methoxy groups -OCH3 is 2. The first-order chi connectivity index (χ1) is 10.2. The van der Waals surface area contributed by atoms with Gasteiger partial charge in [0.2, 0.25) is 0 Å². The third-order valence-corrected chi connectivity index (χ3v) is 3.27. The van der Waals surface area contributed by atoms with E-state index in [2.05, 4.69) is 29.5 Å². The van der Waals surface area contributed by atoms with Gasteiger partial charge in [-0.15, -0.1) is 0 Å². The van der Waals surface area contributed by atoms with Gasteiger partial charge in [-0.25, -0.2) is 0 Å². The fourth-order valence-corrected chi connectivity index (χ4v) is 2.20. The van der Waals surface area contributed by atoms with Crippen LogP contribution in [0.25, 0.3) is 0 Å². The van der Waals surface area contributed by atoms with Crippen molar-refractivity contribution >= 4 is 5.69 Å². The van der Waals surface area contributed by atoms with Crippen LogP contribution in [0.2, 0.25) is 0 Å². The number of nitrogens with zero attached hydrogens (tertiary/aromatic N) is 2. The largest absolute Gasteiger partial charge is 0.497 e. The Hall–Kier alpha value is -2.01. The van der Waals surface area contributed by atoms with E-state index in [-0.39, 0.29) is 0 Å². The van der Waals surface area contributed by atoms with Crippen LogP contribution in [0.4, 0.5) is 5.69 Å². The lowest BCUT2D eigenvalue weighted by Crippen LogP contribution is -2.17. The van der Waals surface area contributed by atoms with Crippen molar-refractivity contribution < 1.29 is 9.47 Å². The lowest BCUT2D eigenvalue weighted by atomic mass is 10.1. The van der Waals surface area contributed by atoms with Crippen molar-refractivity contribution in [1.29, 1.82) is 0 Å². The molecule has 1 aromatic heterocycles. The fourth-order valence-electron chi connectivity index (χ4n) is 2.20. The minimum atomic E-state index is 0.332. The van der Waals surface area contributed by atoms with E-state index in [1.54, 1.807) is 14.2 Å². The molecule has 5 nitrogen and oxygen atoms in total. The molecule has 114 valence electrons. The number of ether oxygens (including phenoxy) is 2. The molecule has 0 saturated heterocycles. The van der Waals surface area contributed by atoms with Crippen molar-refractivity contribution in [2.45, 2.75) is 25.9 Å². The van der Waals surface area contributed by atoms with Crippen LogP contribution in [0.5, 0.6) is 5.75 Å². The molecule has 2 rings (SSSR count). The van der Waals surface area contributed by atoms with Crippen LogP contribution in [-0.4, -0.2) is 36.6 Å². The highest BCUT2D eigenvalue weighted by molar-refractivity contribution is 5.39. The van der Waals surface area contributed by atoms with Gasteiger partial charge in [-0.2, -0.15) is 5.10 Å². The number of anilines is 1. The Labute approximate surface area is 125 Å². The van der Waals surface area contributed by atoms with Gasteiger partial charge in [-0.3, -0.25) is 4.68 Å². The second-order valence-electron chi connectivity index (χ2n) is 5.08. The second-order valence-corrected chi connectivity index (χ2v) is 5.08. The number of hydrogen-bond donors (Lipinski definition) is 1. The average molecular weight is 289 g/mol. The molecular weight excluding hydrogens is 266 g/mol. The van der Waals surface area contributed by atoms with Gasteiger partial charge in [0.15, 0.2) is 0 Å². The van der Waals surface area contributed by atoms with Crippen LogP contribution in [0.15, 0.2) is 36.7 Å². The molecule has 1 atom stereocenters. The number of aromatic nitrogens is 2. The maximum Gasteiger partial charge on any atom is 0.118 e. The molecule has 0 spiro atoms. The molecule has 1 aromatic carbocycles. The highest BCUT2D eigenvalue weighted by Crippen LogP contribution is 2.14. The zero-order valence-electron chi connectivity index (χ0n) is 12.9. The van der Waals surface area contributed by atoms with E-state index in [0.29, 0.717) is 12.6 Å². The molecule has 0 radical (unpaired) electrons. The lowest BCUT2D eigenvalue weighted by Gasteiger charge is -2.14. The van der Waals surface area contributed by atoms with Gasteiger partial charge in [0.05, 0.1) is 32.1 Å². The van der Waals surface area contributed by atoms with Gasteiger partial charge in [-0.1, -0.05) is 12.1 Å². The maximum atomic E-state index is 5.17. The summed E-state index contributed by atoms with van der Waals surface area (Å²) < 4.78 is 12.1. The van der Waals surface area contributed by atoms with E-state index in [1.165, 1.54) is 5.56 Å². The zero-order valence-corrected chi connectivity index (χ0v) is 12.9. The van der Waals surface area contributed by atoms with Gasteiger partial charge < -0.3 is 14.8 Å². The molecule has 2 aromatic rings. The smallest absolute Gasteiger partial charge is 0.118 e. The molecule has 0 aliphatic carbocycles. The summed E-state index contributed by atoms with van der Waals surface area (Å²) in [5.74, 6) is 0.888. The van der Waals surface area contributed by atoms with Crippen LogP contribution < -0.4 is 10.1 Å². The second kappa shape index (κ2) is 7.69. The van der Waals surface area contributed by atoms with E-state index < -0.39 is 0 Å². The Morgan fingerprint density at radius 3 is 2.67 bits per heavy atom. The van der Waals surface area contributed by atoms with Crippen LogP contribution in [0.1, 0.15) is 12.5 Å². The molecule has 21 heavy (non-hydrogen) atoms. The first kappa shape index (κ1) is 15.4. The SMILES string of the molecule is COCCn1cc(NC(C)Cc2ccc(OC)cc2)cn1. The number of nitrogens with one attached hydrogen (secondary N) is 1. The summed E-state index contributed by atoms with van der Waals surface area (Å²) in [5, 5.41) is 7.75. The predicted molar refractivity (Wildman–Crippen MR) is 83.9 cm³/mol. The van der Waals surface area contributed by atoms with Crippen LogP contribution in [0, 0.1) is 0 Å². The zero-order chi connectivity index (χ0) is 15.1. The Morgan fingerprint density at radius 2 is 2.00 bits per heavy atom. The van der Waals surface area contributed by atoms with Crippen molar-refractivity contribution in [2.75, 3.05) is 26.1 Å². The number of benzene rings is 1. The fraction of sp³-hybridized carbons (Fsp3) is 0.438. The summed E-state index contributed by atoms with van der Waals surface area (Å²) in [4.78, 5) is 0. The van der Waals surface area contributed by atoms with Crippen molar-refractivity contribution in [3.63, 3.8) is 0 Å². The molecule has 0 aliphatic heterocycles. The number of rotatable bonds is 8. The Balaban J connectivity index is 1.85. The topological polar surface area (TPSA) is 48.3 Å². The molecular formula is C16H23N3O2. The first-order valence-corrected chi connectivity index (χ1v) is 7.12. The summed E-state index contributed by atoms with van der Waals surface area (Å²) in [6.07, 6.45) is 4.80. The van der Waals surface area contributed by atoms with E-state index in [9.17, 15) is 0 Å². The Morgan fingerprint density at radius 1 is 1.24 bits per heavy atom. The first-order valence-electron chi connectivity index (χ1n) is 7.12. The van der Waals surface area contributed by atoms with Crippen molar-refractivity contribution in [3.8, 4) is 5.75 Å². The third-order valence-electron chi connectivity index (χ3n) is 3.27. The summed E-state index contributed by atoms with van der Waals surface area (Å²) in [6, 6.07) is 8.51. The average Bonchev–Trinajstić information content (AvgIpc) is 2.93. The van der Waals surface area contributed by atoms with E-state index >= 15 is 0 Å². The van der Waals surface area contributed by atoms with Crippen LogP contribution in [-0.2, 0) is 17.7 Å². The molecule has 0 fully saturated rings. The molecule has 5 heteroatoms. The molecule has 1 heterocycles. The maximum absolute atomic E-state index is 5.17. The van der Waals surface area contributed by atoms with Crippen LogP contribution >= 0.6 is 0 Å². The minimum absolute atomic E-state index is 0.332. The standard InChI is InChI=1S/C16H23N3O2/c1-13(10-14-4-6-16(21-3)7-5-14)18-15-11-17-19(12-15)8-9-20-2/h4-7,11-13,18H,8-10H2,1-3H3. The minimum Gasteiger partial charge on any atom is -0.497 e. The van der Waals surface area contributed by atoms with Crippen molar-refractivity contribution in [1.82, 2.24) is 9.78 Å². The number of hydrogen-bond acceptors (Lipinski definition) is 4. The Kier molecular flexibility index (Phi) is 5.63. The van der Waals surface area contributed by atoms with E-state index in [1.807, 2.05) is 29.2 Å². The van der Waals surface area contributed by atoms with Gasteiger partial charge in [0.1, 0.15) is 5.75 Å². The Bertz CT molecular complexity index is 537.